The average Bonchev–Trinajstić information content (AvgIpc) is 3.12. The monoisotopic (exact) mass is 261 g/mol. The summed E-state index contributed by atoms with van der Waals surface area (Å²) in [5, 5.41) is 10.8. The van der Waals surface area contributed by atoms with E-state index in [0.717, 1.165) is 30.0 Å². The first kappa shape index (κ1) is 11.8. The number of aliphatic hydroxyl groups excluding tert-OH is 1. The number of rotatable bonds is 4. The quantitative estimate of drug-likeness (QED) is 0.893. The van der Waals surface area contributed by atoms with Gasteiger partial charge >= 0.3 is 0 Å². The fourth-order valence-corrected chi connectivity index (χ4v) is 2.34. The van der Waals surface area contributed by atoms with Crippen molar-refractivity contribution < 1.29 is 5.11 Å². The Morgan fingerprint density at radius 3 is 2.61 bits per heavy atom. The summed E-state index contributed by atoms with van der Waals surface area (Å²) in [7, 11) is 0. The number of aromatic nitrogens is 1. The van der Waals surface area contributed by atoms with E-state index in [-0.39, 0.29) is 6.10 Å². The van der Waals surface area contributed by atoms with Crippen LogP contribution in [0.15, 0.2) is 42.7 Å². The summed E-state index contributed by atoms with van der Waals surface area (Å²) in [6, 6.07) is 9.87. The molecule has 1 aliphatic carbocycles. The van der Waals surface area contributed by atoms with Crippen molar-refractivity contribution in [1.82, 2.24) is 4.57 Å². The van der Waals surface area contributed by atoms with E-state index in [0.29, 0.717) is 5.92 Å². The maximum atomic E-state index is 10.0. The van der Waals surface area contributed by atoms with Gasteiger partial charge in [-0.2, -0.15) is 0 Å². The third kappa shape index (κ3) is 2.60. The first-order valence-corrected chi connectivity index (χ1v) is 6.68. The van der Waals surface area contributed by atoms with Crippen LogP contribution >= 0.6 is 11.6 Å². The second-order valence-corrected chi connectivity index (χ2v) is 5.46. The molecule has 1 saturated carbocycles. The van der Waals surface area contributed by atoms with Gasteiger partial charge in [0.05, 0.1) is 6.10 Å². The maximum Gasteiger partial charge on any atom is 0.0832 e. The number of nitrogens with zero attached hydrogens (tertiary/aromatic N) is 1. The van der Waals surface area contributed by atoms with E-state index in [1.165, 1.54) is 5.56 Å². The maximum absolute atomic E-state index is 10.0. The Kier molecular flexibility index (Phi) is 3.14. The highest BCUT2D eigenvalue weighted by Gasteiger charge is 2.31. The Bertz CT molecular complexity index is 528. The fourth-order valence-electron chi connectivity index (χ4n) is 2.22. The molecule has 0 aliphatic heterocycles. The second-order valence-electron chi connectivity index (χ2n) is 5.03. The number of hydrogen-bond donors (Lipinski definition) is 1. The zero-order valence-corrected chi connectivity index (χ0v) is 10.8. The van der Waals surface area contributed by atoms with E-state index in [4.69, 9.17) is 11.6 Å². The summed E-state index contributed by atoms with van der Waals surface area (Å²) in [4.78, 5) is 0. The number of halogens is 1. The normalized spacial score (nSPS) is 16.8. The van der Waals surface area contributed by atoms with Crippen LogP contribution in [0.25, 0.3) is 0 Å². The van der Waals surface area contributed by atoms with Gasteiger partial charge in [-0.3, -0.25) is 0 Å². The van der Waals surface area contributed by atoms with Crippen LogP contribution in [0.2, 0.25) is 5.02 Å². The lowest BCUT2D eigenvalue weighted by molar-refractivity contribution is 0.154. The van der Waals surface area contributed by atoms with Crippen molar-refractivity contribution in [2.24, 2.45) is 5.92 Å². The third-order valence-electron chi connectivity index (χ3n) is 3.46. The molecule has 1 atom stereocenters. The van der Waals surface area contributed by atoms with Crippen LogP contribution in [0.4, 0.5) is 0 Å². The Morgan fingerprint density at radius 1 is 1.22 bits per heavy atom. The highest BCUT2D eigenvalue weighted by molar-refractivity contribution is 6.30. The Hall–Kier alpha value is -1.25. The van der Waals surface area contributed by atoms with Crippen LogP contribution in [0.5, 0.6) is 0 Å². The molecule has 1 unspecified atom stereocenters. The standard InChI is InChI=1S/C15H16ClNO/c16-14-5-1-11(2-6-14)9-17-8-7-13(10-17)15(18)12-3-4-12/h1-2,5-8,10,12,15,18H,3-4,9H2. The summed E-state index contributed by atoms with van der Waals surface area (Å²) < 4.78 is 2.10. The summed E-state index contributed by atoms with van der Waals surface area (Å²) in [5.41, 5.74) is 2.24. The minimum Gasteiger partial charge on any atom is -0.388 e. The summed E-state index contributed by atoms with van der Waals surface area (Å²) in [6.45, 7) is 0.814. The lowest BCUT2D eigenvalue weighted by atomic mass is 10.1. The molecule has 0 amide bonds. The van der Waals surface area contributed by atoms with E-state index < -0.39 is 0 Å². The number of aliphatic hydroxyl groups is 1. The SMILES string of the molecule is OC(c1ccn(Cc2ccc(Cl)cc2)c1)C1CC1. The third-order valence-corrected chi connectivity index (χ3v) is 3.71. The largest absolute Gasteiger partial charge is 0.388 e. The van der Waals surface area contributed by atoms with E-state index in [2.05, 4.69) is 4.57 Å². The molecule has 18 heavy (non-hydrogen) atoms. The molecular formula is C15H16ClNO. The highest BCUT2D eigenvalue weighted by atomic mass is 35.5. The van der Waals surface area contributed by atoms with Crippen molar-refractivity contribution in [3.63, 3.8) is 0 Å². The second kappa shape index (κ2) is 4.79. The smallest absolute Gasteiger partial charge is 0.0832 e. The first-order chi connectivity index (χ1) is 8.72. The van der Waals surface area contributed by atoms with Gasteiger partial charge in [0, 0.05) is 24.0 Å². The minimum atomic E-state index is -0.281. The molecule has 0 saturated heterocycles. The molecule has 3 heteroatoms. The van der Waals surface area contributed by atoms with Gasteiger partial charge in [-0.25, -0.2) is 0 Å². The zero-order chi connectivity index (χ0) is 12.5. The van der Waals surface area contributed by atoms with E-state index >= 15 is 0 Å². The van der Waals surface area contributed by atoms with Crippen molar-refractivity contribution in [2.75, 3.05) is 0 Å². The Morgan fingerprint density at radius 2 is 1.94 bits per heavy atom. The molecule has 2 aromatic rings. The summed E-state index contributed by atoms with van der Waals surface area (Å²) in [5.74, 6) is 0.483. The molecule has 94 valence electrons. The van der Waals surface area contributed by atoms with E-state index in [1.807, 2.05) is 42.7 Å². The number of hydrogen-bond acceptors (Lipinski definition) is 1. The molecule has 1 fully saturated rings. The molecular weight excluding hydrogens is 246 g/mol. The predicted octanol–water partition coefficient (Wildman–Crippen LogP) is 3.63. The van der Waals surface area contributed by atoms with Gasteiger partial charge in [-0.1, -0.05) is 23.7 Å². The minimum absolute atomic E-state index is 0.281. The average molecular weight is 262 g/mol. The van der Waals surface area contributed by atoms with Crippen LogP contribution in [-0.2, 0) is 6.54 Å². The van der Waals surface area contributed by atoms with Crippen molar-refractivity contribution >= 4 is 11.6 Å². The van der Waals surface area contributed by atoms with Gasteiger partial charge < -0.3 is 9.67 Å². The molecule has 1 N–H and O–H groups in total. The molecule has 1 aromatic heterocycles. The van der Waals surface area contributed by atoms with Crippen molar-refractivity contribution in [3.8, 4) is 0 Å². The molecule has 1 aliphatic rings. The molecule has 1 heterocycles. The lowest BCUT2D eigenvalue weighted by Crippen LogP contribution is -1.99. The topological polar surface area (TPSA) is 25.2 Å². The predicted molar refractivity (Wildman–Crippen MR) is 72.7 cm³/mol. The van der Waals surface area contributed by atoms with Crippen LogP contribution < -0.4 is 0 Å². The van der Waals surface area contributed by atoms with Crippen LogP contribution in [0.3, 0.4) is 0 Å². The van der Waals surface area contributed by atoms with E-state index in [1.54, 1.807) is 0 Å². The van der Waals surface area contributed by atoms with Gasteiger partial charge in [0.2, 0.25) is 0 Å². The van der Waals surface area contributed by atoms with E-state index in [9.17, 15) is 5.11 Å². The van der Waals surface area contributed by atoms with Gasteiger partial charge in [-0.15, -0.1) is 0 Å². The summed E-state index contributed by atoms with van der Waals surface area (Å²) in [6.07, 6.45) is 6.09. The lowest BCUT2D eigenvalue weighted by Gasteiger charge is -2.06. The molecule has 2 nitrogen and oxygen atoms in total. The number of benzene rings is 1. The molecule has 0 radical (unpaired) electrons. The zero-order valence-electron chi connectivity index (χ0n) is 10.1. The van der Waals surface area contributed by atoms with Crippen LogP contribution in [-0.4, -0.2) is 9.67 Å². The molecule has 0 spiro atoms. The van der Waals surface area contributed by atoms with Crippen LogP contribution in [0, 0.1) is 5.92 Å². The van der Waals surface area contributed by atoms with Gasteiger partial charge in [0.25, 0.3) is 0 Å². The molecule has 1 aromatic carbocycles. The van der Waals surface area contributed by atoms with Gasteiger partial charge in [0.15, 0.2) is 0 Å². The first-order valence-electron chi connectivity index (χ1n) is 6.30. The molecule has 3 rings (SSSR count). The van der Waals surface area contributed by atoms with Crippen molar-refractivity contribution in [3.05, 3.63) is 58.9 Å². The van der Waals surface area contributed by atoms with Crippen molar-refractivity contribution in [1.29, 1.82) is 0 Å². The van der Waals surface area contributed by atoms with Gasteiger partial charge in [0.1, 0.15) is 0 Å². The Balaban J connectivity index is 1.71. The molecule has 0 bridgehead atoms. The van der Waals surface area contributed by atoms with Gasteiger partial charge in [-0.05, 0) is 48.1 Å². The highest BCUT2D eigenvalue weighted by Crippen LogP contribution is 2.40. The Labute approximate surface area is 112 Å². The summed E-state index contributed by atoms with van der Waals surface area (Å²) >= 11 is 5.86. The van der Waals surface area contributed by atoms with Crippen LogP contribution in [0.1, 0.15) is 30.1 Å². The van der Waals surface area contributed by atoms with Crippen molar-refractivity contribution in [2.45, 2.75) is 25.5 Å². The fraction of sp³-hybridized carbons (Fsp3) is 0.333.